The summed E-state index contributed by atoms with van der Waals surface area (Å²) in [6.07, 6.45) is 0. The van der Waals surface area contributed by atoms with Crippen LogP contribution in [0.15, 0.2) is 18.2 Å². The number of aliphatic hydroxyl groups is 1. The first-order valence-corrected chi connectivity index (χ1v) is 5.38. The van der Waals surface area contributed by atoms with Crippen molar-refractivity contribution in [1.29, 1.82) is 0 Å². The number of aryl methyl sites for hydroxylation is 1. The van der Waals surface area contributed by atoms with Gasteiger partial charge >= 0.3 is 0 Å². The van der Waals surface area contributed by atoms with E-state index in [2.05, 4.69) is 5.32 Å². The van der Waals surface area contributed by atoms with Crippen molar-refractivity contribution in [2.45, 2.75) is 25.9 Å². The van der Waals surface area contributed by atoms with Gasteiger partial charge in [-0.05, 0) is 19.9 Å². The van der Waals surface area contributed by atoms with E-state index in [1.807, 2.05) is 6.92 Å². The number of benzene rings is 1. The Morgan fingerprint density at radius 2 is 2.24 bits per heavy atom. The summed E-state index contributed by atoms with van der Waals surface area (Å²) in [5.74, 6) is -0.873. The van der Waals surface area contributed by atoms with Gasteiger partial charge in [0.2, 0.25) is 5.91 Å². The van der Waals surface area contributed by atoms with E-state index in [-0.39, 0.29) is 5.82 Å². The summed E-state index contributed by atoms with van der Waals surface area (Å²) in [6.45, 7) is 3.08. The zero-order valence-electron chi connectivity index (χ0n) is 9.90. The van der Waals surface area contributed by atoms with Crippen LogP contribution in [0.1, 0.15) is 24.1 Å². The molecular formula is C12H17FN2O2. The molecule has 5 heteroatoms. The second-order valence-corrected chi connectivity index (χ2v) is 4.04. The number of carbonyl (C=O) groups excluding carboxylic acids is 1. The number of nitrogens with one attached hydrogen (secondary N) is 1. The second-order valence-electron chi connectivity index (χ2n) is 4.04. The molecule has 2 atom stereocenters. The largest absolute Gasteiger partial charge is 0.394 e. The Kier molecular flexibility index (Phi) is 4.60. The van der Waals surface area contributed by atoms with Crippen LogP contribution in [-0.4, -0.2) is 23.7 Å². The average Bonchev–Trinajstić information content (AvgIpc) is 2.30. The van der Waals surface area contributed by atoms with E-state index in [9.17, 15) is 9.18 Å². The molecule has 1 aromatic carbocycles. The van der Waals surface area contributed by atoms with Crippen LogP contribution in [0.5, 0.6) is 0 Å². The highest BCUT2D eigenvalue weighted by atomic mass is 19.1. The summed E-state index contributed by atoms with van der Waals surface area (Å²) in [5.41, 5.74) is 6.67. The molecule has 1 amide bonds. The van der Waals surface area contributed by atoms with Crippen LogP contribution in [0, 0.1) is 12.7 Å². The van der Waals surface area contributed by atoms with Gasteiger partial charge in [-0.2, -0.15) is 0 Å². The molecule has 0 aromatic heterocycles. The third-order valence-electron chi connectivity index (χ3n) is 2.51. The van der Waals surface area contributed by atoms with Crippen LogP contribution in [-0.2, 0) is 4.79 Å². The molecule has 1 aromatic rings. The summed E-state index contributed by atoms with van der Waals surface area (Å²) < 4.78 is 13.5. The maximum atomic E-state index is 13.5. The molecule has 0 fully saturated rings. The molecule has 0 aliphatic rings. The molecule has 0 saturated heterocycles. The Morgan fingerprint density at radius 1 is 1.59 bits per heavy atom. The SMILES string of the molecule is Cc1ccc(F)c([C@@H](C)NC(=O)[C@H](N)CO)c1. The van der Waals surface area contributed by atoms with E-state index >= 15 is 0 Å². The lowest BCUT2D eigenvalue weighted by atomic mass is 10.0. The van der Waals surface area contributed by atoms with Crippen LogP contribution >= 0.6 is 0 Å². The topological polar surface area (TPSA) is 75.4 Å². The number of amides is 1. The third kappa shape index (κ3) is 3.51. The highest BCUT2D eigenvalue weighted by molar-refractivity contribution is 5.82. The molecule has 4 nitrogen and oxygen atoms in total. The maximum absolute atomic E-state index is 13.5. The predicted molar refractivity (Wildman–Crippen MR) is 62.8 cm³/mol. The van der Waals surface area contributed by atoms with Gasteiger partial charge < -0.3 is 16.2 Å². The van der Waals surface area contributed by atoms with Gasteiger partial charge in [-0.3, -0.25) is 4.79 Å². The number of nitrogens with two attached hydrogens (primary N) is 1. The average molecular weight is 240 g/mol. The fraction of sp³-hybridized carbons (Fsp3) is 0.417. The predicted octanol–water partition coefficient (Wildman–Crippen LogP) is 0.631. The van der Waals surface area contributed by atoms with Gasteiger partial charge in [0.15, 0.2) is 0 Å². The van der Waals surface area contributed by atoms with Crippen LogP contribution in [0.4, 0.5) is 4.39 Å². The van der Waals surface area contributed by atoms with E-state index in [1.165, 1.54) is 6.07 Å². The quantitative estimate of drug-likeness (QED) is 0.722. The molecule has 0 heterocycles. The standard InChI is InChI=1S/C12H17FN2O2/c1-7-3-4-10(13)9(5-7)8(2)15-12(17)11(14)6-16/h3-5,8,11,16H,6,14H2,1-2H3,(H,15,17)/t8-,11-/m1/s1. The van der Waals surface area contributed by atoms with Gasteiger partial charge in [-0.25, -0.2) is 4.39 Å². The minimum atomic E-state index is -0.981. The fourth-order valence-electron chi connectivity index (χ4n) is 1.48. The molecule has 0 unspecified atom stereocenters. The molecule has 0 saturated carbocycles. The van der Waals surface area contributed by atoms with Crippen molar-refractivity contribution in [1.82, 2.24) is 5.32 Å². The Labute approximate surface area is 99.6 Å². The maximum Gasteiger partial charge on any atom is 0.239 e. The minimum Gasteiger partial charge on any atom is -0.394 e. The summed E-state index contributed by atoms with van der Waals surface area (Å²) >= 11 is 0. The zero-order chi connectivity index (χ0) is 13.0. The summed E-state index contributed by atoms with van der Waals surface area (Å²) in [7, 11) is 0. The lowest BCUT2D eigenvalue weighted by molar-refractivity contribution is -0.123. The molecule has 0 aliphatic carbocycles. The molecule has 0 aliphatic heterocycles. The molecule has 0 bridgehead atoms. The number of aliphatic hydroxyl groups excluding tert-OH is 1. The molecule has 1 rings (SSSR count). The lowest BCUT2D eigenvalue weighted by Gasteiger charge is -2.17. The van der Waals surface area contributed by atoms with Gasteiger partial charge in [-0.15, -0.1) is 0 Å². The zero-order valence-corrected chi connectivity index (χ0v) is 9.90. The normalized spacial score (nSPS) is 14.2. The Bertz CT molecular complexity index is 409. The van der Waals surface area contributed by atoms with Crippen molar-refractivity contribution in [3.05, 3.63) is 35.1 Å². The van der Waals surface area contributed by atoms with Crippen LogP contribution in [0.25, 0.3) is 0 Å². The van der Waals surface area contributed by atoms with Gasteiger partial charge in [0.1, 0.15) is 11.9 Å². The van der Waals surface area contributed by atoms with Gasteiger partial charge in [0.25, 0.3) is 0 Å². The van der Waals surface area contributed by atoms with E-state index in [4.69, 9.17) is 10.8 Å². The van der Waals surface area contributed by atoms with Crippen molar-refractivity contribution in [2.24, 2.45) is 5.73 Å². The Balaban J connectivity index is 2.79. The first kappa shape index (κ1) is 13.6. The Hall–Kier alpha value is -1.46. The van der Waals surface area contributed by atoms with Crippen molar-refractivity contribution in [3.63, 3.8) is 0 Å². The first-order valence-electron chi connectivity index (χ1n) is 5.38. The molecule has 94 valence electrons. The van der Waals surface area contributed by atoms with Crippen molar-refractivity contribution >= 4 is 5.91 Å². The number of halogens is 1. The van der Waals surface area contributed by atoms with E-state index < -0.39 is 24.6 Å². The lowest BCUT2D eigenvalue weighted by Crippen LogP contribution is -2.43. The second kappa shape index (κ2) is 5.75. The van der Waals surface area contributed by atoms with E-state index in [0.717, 1.165) is 5.56 Å². The molecule has 17 heavy (non-hydrogen) atoms. The fourth-order valence-corrected chi connectivity index (χ4v) is 1.48. The molecular weight excluding hydrogens is 223 g/mol. The smallest absolute Gasteiger partial charge is 0.239 e. The molecule has 0 radical (unpaired) electrons. The first-order chi connectivity index (χ1) is 7.95. The van der Waals surface area contributed by atoms with Gasteiger partial charge in [-0.1, -0.05) is 17.7 Å². The van der Waals surface area contributed by atoms with Gasteiger partial charge in [0.05, 0.1) is 12.6 Å². The van der Waals surface area contributed by atoms with Crippen LogP contribution in [0.2, 0.25) is 0 Å². The van der Waals surface area contributed by atoms with Crippen LogP contribution < -0.4 is 11.1 Å². The van der Waals surface area contributed by atoms with Crippen molar-refractivity contribution in [2.75, 3.05) is 6.61 Å². The minimum absolute atomic E-state index is 0.374. The van der Waals surface area contributed by atoms with Crippen LogP contribution in [0.3, 0.4) is 0 Å². The number of rotatable bonds is 4. The summed E-state index contributed by atoms with van der Waals surface area (Å²) in [6, 6.07) is 3.22. The summed E-state index contributed by atoms with van der Waals surface area (Å²) in [5, 5.41) is 11.3. The Morgan fingerprint density at radius 3 is 2.82 bits per heavy atom. The third-order valence-corrected chi connectivity index (χ3v) is 2.51. The van der Waals surface area contributed by atoms with E-state index in [0.29, 0.717) is 5.56 Å². The van der Waals surface area contributed by atoms with Gasteiger partial charge in [0, 0.05) is 5.56 Å². The number of hydrogen-bond donors (Lipinski definition) is 3. The van der Waals surface area contributed by atoms with Crippen molar-refractivity contribution in [3.8, 4) is 0 Å². The molecule has 4 N–H and O–H groups in total. The monoisotopic (exact) mass is 240 g/mol. The highest BCUT2D eigenvalue weighted by Gasteiger charge is 2.17. The number of carbonyl (C=O) groups is 1. The highest BCUT2D eigenvalue weighted by Crippen LogP contribution is 2.18. The number of hydrogen-bond acceptors (Lipinski definition) is 3. The molecule has 0 spiro atoms. The summed E-state index contributed by atoms with van der Waals surface area (Å²) in [4.78, 5) is 11.4. The van der Waals surface area contributed by atoms with E-state index in [1.54, 1.807) is 19.1 Å². The van der Waals surface area contributed by atoms with Crippen molar-refractivity contribution < 1.29 is 14.3 Å².